The molecular formula is C34H61NO4. The Kier molecular flexibility index (Phi) is 28.0. The lowest BCUT2D eigenvalue weighted by molar-refractivity contribution is -0.131. The van der Waals surface area contributed by atoms with Gasteiger partial charge in [-0.2, -0.15) is 0 Å². The average Bonchev–Trinajstić information content (AvgIpc) is 2.94. The Morgan fingerprint density at radius 2 is 1.13 bits per heavy atom. The van der Waals surface area contributed by atoms with E-state index in [2.05, 4.69) is 55.6 Å². The second-order valence-corrected chi connectivity index (χ2v) is 10.6. The van der Waals surface area contributed by atoms with Crippen molar-refractivity contribution >= 4 is 5.91 Å². The first kappa shape index (κ1) is 37.3. The summed E-state index contributed by atoms with van der Waals surface area (Å²) in [4.78, 5) is 12.3. The summed E-state index contributed by atoms with van der Waals surface area (Å²) in [6.45, 7) is 3.99. The Bertz CT molecular complexity index is 656. The molecule has 0 aromatic carbocycles. The van der Waals surface area contributed by atoms with E-state index in [-0.39, 0.29) is 6.61 Å². The monoisotopic (exact) mass is 547 g/mol. The Hall–Kier alpha value is -1.69. The third kappa shape index (κ3) is 25.0. The molecule has 0 aliphatic heterocycles. The van der Waals surface area contributed by atoms with Crippen LogP contribution in [0, 0.1) is 0 Å². The smallest absolute Gasteiger partial charge is 0.249 e. The zero-order chi connectivity index (χ0) is 28.8. The molecule has 5 nitrogen and oxygen atoms in total. The fourth-order valence-electron chi connectivity index (χ4n) is 4.33. The van der Waals surface area contributed by atoms with Crippen molar-refractivity contribution in [2.24, 2.45) is 0 Å². The fourth-order valence-corrected chi connectivity index (χ4v) is 4.33. The number of nitrogens with one attached hydrogen (secondary N) is 1. The van der Waals surface area contributed by atoms with Gasteiger partial charge in [-0.25, -0.2) is 0 Å². The van der Waals surface area contributed by atoms with E-state index in [4.69, 9.17) is 0 Å². The van der Waals surface area contributed by atoms with Gasteiger partial charge in [-0.1, -0.05) is 120 Å². The van der Waals surface area contributed by atoms with E-state index in [1.54, 1.807) is 6.08 Å². The molecule has 0 rings (SSSR count). The molecular weight excluding hydrogens is 486 g/mol. The zero-order valence-electron chi connectivity index (χ0n) is 25.2. The van der Waals surface area contributed by atoms with Crippen molar-refractivity contribution in [1.82, 2.24) is 5.32 Å². The maximum absolute atomic E-state index is 12.3. The molecule has 0 spiro atoms. The molecule has 0 fully saturated rings. The van der Waals surface area contributed by atoms with Crippen LogP contribution in [0.1, 0.15) is 136 Å². The number of rotatable bonds is 27. The van der Waals surface area contributed by atoms with E-state index in [0.717, 1.165) is 64.2 Å². The van der Waals surface area contributed by atoms with Crippen molar-refractivity contribution in [3.8, 4) is 0 Å². The summed E-state index contributed by atoms with van der Waals surface area (Å²) in [5.74, 6) is -0.533. The minimum absolute atomic E-state index is 0.387. The molecule has 39 heavy (non-hydrogen) atoms. The summed E-state index contributed by atoms with van der Waals surface area (Å²) >= 11 is 0. The number of unbranched alkanes of at least 4 members (excludes halogenated alkanes) is 13. The number of hydrogen-bond donors (Lipinski definition) is 4. The summed E-state index contributed by atoms with van der Waals surface area (Å²) in [6, 6.07) is -0.822. The molecule has 0 aliphatic rings. The number of aliphatic hydroxyl groups is 3. The largest absolute Gasteiger partial charge is 0.394 e. The Balaban J connectivity index is 3.88. The van der Waals surface area contributed by atoms with Crippen LogP contribution >= 0.6 is 0 Å². The summed E-state index contributed by atoms with van der Waals surface area (Å²) in [5, 5.41) is 32.7. The van der Waals surface area contributed by atoms with E-state index < -0.39 is 24.2 Å². The van der Waals surface area contributed by atoms with Crippen molar-refractivity contribution in [3.63, 3.8) is 0 Å². The molecule has 3 atom stereocenters. The van der Waals surface area contributed by atoms with Crippen molar-refractivity contribution in [3.05, 3.63) is 48.6 Å². The van der Waals surface area contributed by atoms with Gasteiger partial charge in [0, 0.05) is 0 Å². The van der Waals surface area contributed by atoms with Crippen LogP contribution in [-0.2, 0) is 4.79 Å². The minimum Gasteiger partial charge on any atom is -0.394 e. The van der Waals surface area contributed by atoms with Gasteiger partial charge in [0.05, 0.1) is 18.8 Å². The highest BCUT2D eigenvalue weighted by molar-refractivity contribution is 5.80. The first-order valence-electron chi connectivity index (χ1n) is 16.0. The lowest BCUT2D eigenvalue weighted by Gasteiger charge is -2.21. The lowest BCUT2D eigenvalue weighted by atomic mass is 10.1. The molecule has 0 saturated carbocycles. The van der Waals surface area contributed by atoms with Gasteiger partial charge in [0.1, 0.15) is 6.10 Å². The molecule has 4 N–H and O–H groups in total. The SMILES string of the molecule is CC/C=C/CC/C=C/CC/C=C/C(O)C(CO)NC(=O)C(O)CCCCCC/C=C\CCCCCCCCC. The minimum atomic E-state index is -1.12. The Morgan fingerprint density at radius 1 is 0.641 bits per heavy atom. The summed E-state index contributed by atoms with van der Waals surface area (Å²) in [5.41, 5.74) is 0. The van der Waals surface area contributed by atoms with Crippen LogP contribution in [0.2, 0.25) is 0 Å². The highest BCUT2D eigenvalue weighted by Gasteiger charge is 2.22. The normalized spacial score (nSPS) is 14.7. The van der Waals surface area contributed by atoms with Crippen LogP contribution in [0.4, 0.5) is 0 Å². The molecule has 0 aromatic rings. The van der Waals surface area contributed by atoms with E-state index in [1.807, 2.05) is 6.08 Å². The van der Waals surface area contributed by atoms with E-state index >= 15 is 0 Å². The maximum Gasteiger partial charge on any atom is 0.249 e. The number of carbonyl (C=O) groups excluding carboxylic acids is 1. The van der Waals surface area contributed by atoms with Gasteiger partial charge in [0.25, 0.3) is 0 Å². The van der Waals surface area contributed by atoms with E-state index in [1.165, 1.54) is 51.4 Å². The van der Waals surface area contributed by atoms with Gasteiger partial charge < -0.3 is 20.6 Å². The van der Waals surface area contributed by atoms with Gasteiger partial charge >= 0.3 is 0 Å². The quantitative estimate of drug-likeness (QED) is 0.0622. The second kappa shape index (κ2) is 29.3. The molecule has 0 radical (unpaired) electrons. The van der Waals surface area contributed by atoms with Crippen LogP contribution < -0.4 is 5.32 Å². The van der Waals surface area contributed by atoms with Crippen molar-refractivity contribution < 1.29 is 20.1 Å². The number of carbonyl (C=O) groups is 1. The Morgan fingerprint density at radius 3 is 1.69 bits per heavy atom. The average molecular weight is 548 g/mol. The van der Waals surface area contributed by atoms with Crippen LogP contribution in [0.3, 0.4) is 0 Å². The molecule has 1 amide bonds. The number of hydrogen-bond acceptors (Lipinski definition) is 4. The van der Waals surface area contributed by atoms with Crippen LogP contribution in [0.25, 0.3) is 0 Å². The summed E-state index contributed by atoms with van der Waals surface area (Å²) in [7, 11) is 0. The van der Waals surface area contributed by atoms with Crippen molar-refractivity contribution in [2.75, 3.05) is 6.61 Å². The van der Waals surface area contributed by atoms with Crippen LogP contribution in [-0.4, -0.2) is 46.1 Å². The third-order valence-corrected chi connectivity index (χ3v) is 6.88. The van der Waals surface area contributed by atoms with Crippen molar-refractivity contribution in [1.29, 1.82) is 0 Å². The molecule has 0 saturated heterocycles. The number of allylic oxidation sites excluding steroid dienone is 7. The summed E-state index contributed by atoms with van der Waals surface area (Å²) < 4.78 is 0. The third-order valence-electron chi connectivity index (χ3n) is 6.88. The molecule has 226 valence electrons. The number of aliphatic hydroxyl groups excluding tert-OH is 3. The standard InChI is InChI=1S/C34H61NO4/c1-3-5-7-9-11-13-15-16-17-18-19-21-23-25-27-29-33(38)34(39)35-31(30-36)32(37)28-26-24-22-20-14-12-10-8-6-4-2/h6,8,14,17-18,20,26,28,31-33,36-38H,3-5,7,9-13,15-16,19,21-25,27,29-30H2,1-2H3,(H,35,39)/b8-6+,18-17-,20-14+,28-26+. The summed E-state index contributed by atoms with van der Waals surface area (Å²) in [6.07, 6.45) is 35.5. The van der Waals surface area contributed by atoms with Crippen LogP contribution in [0.5, 0.6) is 0 Å². The Labute approximate surface area is 240 Å². The molecule has 0 bridgehead atoms. The highest BCUT2D eigenvalue weighted by atomic mass is 16.3. The van der Waals surface area contributed by atoms with Gasteiger partial charge in [-0.3, -0.25) is 4.79 Å². The predicted molar refractivity (Wildman–Crippen MR) is 167 cm³/mol. The molecule has 5 heteroatoms. The molecule has 3 unspecified atom stereocenters. The van der Waals surface area contributed by atoms with Gasteiger partial charge in [0.2, 0.25) is 5.91 Å². The zero-order valence-corrected chi connectivity index (χ0v) is 25.2. The lowest BCUT2D eigenvalue weighted by Crippen LogP contribution is -2.48. The van der Waals surface area contributed by atoms with E-state index in [9.17, 15) is 20.1 Å². The predicted octanol–water partition coefficient (Wildman–Crippen LogP) is 7.86. The molecule has 0 heterocycles. The molecule has 0 aliphatic carbocycles. The van der Waals surface area contributed by atoms with E-state index in [0.29, 0.717) is 6.42 Å². The first-order valence-corrected chi connectivity index (χ1v) is 16.0. The fraction of sp³-hybridized carbons (Fsp3) is 0.735. The van der Waals surface area contributed by atoms with Crippen molar-refractivity contribution in [2.45, 2.75) is 154 Å². The van der Waals surface area contributed by atoms with Gasteiger partial charge in [-0.05, 0) is 64.2 Å². The maximum atomic E-state index is 12.3. The van der Waals surface area contributed by atoms with Gasteiger partial charge in [-0.15, -0.1) is 0 Å². The van der Waals surface area contributed by atoms with Crippen LogP contribution in [0.15, 0.2) is 48.6 Å². The first-order chi connectivity index (χ1) is 19.1. The highest BCUT2D eigenvalue weighted by Crippen LogP contribution is 2.11. The topological polar surface area (TPSA) is 89.8 Å². The number of amides is 1. The second-order valence-electron chi connectivity index (χ2n) is 10.6. The molecule has 0 aromatic heterocycles. The van der Waals surface area contributed by atoms with Gasteiger partial charge in [0.15, 0.2) is 0 Å².